The molecule has 0 aromatic heterocycles. The van der Waals surface area contributed by atoms with Gasteiger partial charge < -0.3 is 19.8 Å². The highest BCUT2D eigenvalue weighted by Crippen LogP contribution is 2.48. The fourth-order valence-electron chi connectivity index (χ4n) is 5.53. The molecule has 1 aliphatic heterocycles. The first-order chi connectivity index (χ1) is 14.9. The number of fused-ring (bicyclic) bond motifs is 1. The predicted molar refractivity (Wildman–Crippen MR) is 124 cm³/mol. The highest BCUT2D eigenvalue weighted by atomic mass is 16.5. The average Bonchev–Trinajstić information content (AvgIpc) is 3.27. The van der Waals surface area contributed by atoms with Crippen molar-refractivity contribution in [1.82, 2.24) is 4.90 Å². The molecular weight excluding hydrogens is 390 g/mol. The third kappa shape index (κ3) is 7.16. The summed E-state index contributed by atoms with van der Waals surface area (Å²) in [7, 11) is 0. The molecule has 0 aromatic carbocycles. The van der Waals surface area contributed by atoms with Crippen LogP contribution in [-0.4, -0.2) is 59.0 Å². The molecular formula is C26H43NO4. The summed E-state index contributed by atoms with van der Waals surface area (Å²) in [4.78, 5) is 14.2. The summed E-state index contributed by atoms with van der Waals surface area (Å²) in [6, 6.07) is 0. The van der Waals surface area contributed by atoms with Gasteiger partial charge in [0.1, 0.15) is 0 Å². The van der Waals surface area contributed by atoms with Crippen LogP contribution in [-0.2, 0) is 9.53 Å². The lowest BCUT2D eigenvalue weighted by Gasteiger charge is -2.26. The number of aliphatic hydroxyl groups is 2. The minimum absolute atomic E-state index is 0.198. The quantitative estimate of drug-likeness (QED) is 0.378. The summed E-state index contributed by atoms with van der Waals surface area (Å²) in [6.45, 7) is 6.86. The van der Waals surface area contributed by atoms with Crippen molar-refractivity contribution in [3.63, 3.8) is 0 Å². The van der Waals surface area contributed by atoms with Crippen LogP contribution in [0.2, 0.25) is 0 Å². The Balaban J connectivity index is 1.39. The number of ether oxygens (including phenoxy) is 1. The molecule has 1 saturated carbocycles. The summed E-state index contributed by atoms with van der Waals surface area (Å²) in [6.07, 6.45) is 15.7. The van der Waals surface area contributed by atoms with E-state index < -0.39 is 5.60 Å². The summed E-state index contributed by atoms with van der Waals surface area (Å²) < 4.78 is 5.32. The van der Waals surface area contributed by atoms with Crippen molar-refractivity contribution in [2.75, 3.05) is 26.3 Å². The molecule has 176 valence electrons. The molecule has 1 heterocycles. The molecule has 1 saturated heterocycles. The molecule has 0 aromatic rings. The molecule has 5 nitrogen and oxygen atoms in total. The number of hydrogen-bond acceptors (Lipinski definition) is 4. The third-order valence-electron chi connectivity index (χ3n) is 7.44. The van der Waals surface area contributed by atoms with Crippen LogP contribution < -0.4 is 0 Å². The van der Waals surface area contributed by atoms with Crippen LogP contribution in [0.1, 0.15) is 78.1 Å². The van der Waals surface area contributed by atoms with Crippen LogP contribution in [0.5, 0.6) is 0 Å². The number of rotatable bonds is 11. The van der Waals surface area contributed by atoms with E-state index in [-0.39, 0.29) is 17.9 Å². The topological polar surface area (TPSA) is 70.0 Å². The minimum atomic E-state index is -0.646. The first-order valence-electron chi connectivity index (χ1n) is 12.5. The smallest absolute Gasteiger partial charge is 0.222 e. The lowest BCUT2D eigenvalue weighted by atomic mass is 9.87. The maximum Gasteiger partial charge on any atom is 0.222 e. The van der Waals surface area contributed by atoms with Gasteiger partial charge in [-0.25, -0.2) is 0 Å². The molecule has 3 aliphatic rings. The Morgan fingerprint density at radius 3 is 2.81 bits per heavy atom. The third-order valence-corrected chi connectivity index (χ3v) is 7.44. The van der Waals surface area contributed by atoms with Gasteiger partial charge in [0.25, 0.3) is 0 Å². The highest BCUT2D eigenvalue weighted by molar-refractivity contribution is 5.76. The zero-order valence-corrected chi connectivity index (χ0v) is 19.6. The van der Waals surface area contributed by atoms with E-state index in [4.69, 9.17) is 4.74 Å². The van der Waals surface area contributed by atoms with Gasteiger partial charge >= 0.3 is 0 Å². The zero-order chi connectivity index (χ0) is 22.3. The van der Waals surface area contributed by atoms with Gasteiger partial charge in [-0.3, -0.25) is 4.79 Å². The second kappa shape index (κ2) is 11.6. The Morgan fingerprint density at radius 1 is 1.29 bits per heavy atom. The number of morpholine rings is 1. The Morgan fingerprint density at radius 2 is 2.06 bits per heavy atom. The predicted octanol–water partition coefficient (Wildman–Crippen LogP) is 4.24. The van der Waals surface area contributed by atoms with E-state index in [0.29, 0.717) is 37.9 Å². The second-order valence-electron chi connectivity index (χ2n) is 10.2. The molecule has 0 bridgehead atoms. The Bertz CT molecular complexity index is 635. The van der Waals surface area contributed by atoms with Crippen molar-refractivity contribution in [2.45, 2.75) is 89.8 Å². The number of allylic oxidation sites excluding steroid dienone is 2. The molecule has 31 heavy (non-hydrogen) atoms. The van der Waals surface area contributed by atoms with E-state index in [0.717, 1.165) is 64.5 Å². The van der Waals surface area contributed by atoms with E-state index in [2.05, 4.69) is 25.2 Å². The zero-order valence-electron chi connectivity index (χ0n) is 19.6. The van der Waals surface area contributed by atoms with Crippen LogP contribution in [0.3, 0.4) is 0 Å². The molecule has 2 N–H and O–H groups in total. The molecule has 5 atom stereocenters. The number of hydrogen-bond donors (Lipinski definition) is 2. The fourth-order valence-corrected chi connectivity index (χ4v) is 5.53. The lowest BCUT2D eigenvalue weighted by molar-refractivity contribution is -0.135. The van der Waals surface area contributed by atoms with E-state index in [1.807, 2.05) is 11.8 Å². The van der Waals surface area contributed by atoms with Gasteiger partial charge in [0.05, 0.1) is 24.9 Å². The van der Waals surface area contributed by atoms with Gasteiger partial charge in [0, 0.05) is 25.4 Å². The fraction of sp³-hybridized carbons (Fsp3) is 0.808. The second-order valence-corrected chi connectivity index (χ2v) is 10.2. The average molecular weight is 434 g/mol. The molecule has 2 fully saturated rings. The van der Waals surface area contributed by atoms with Crippen molar-refractivity contribution < 1.29 is 19.7 Å². The maximum absolute atomic E-state index is 12.3. The molecule has 3 rings (SSSR count). The van der Waals surface area contributed by atoms with Crippen LogP contribution in [0.4, 0.5) is 0 Å². The van der Waals surface area contributed by atoms with Crippen LogP contribution in [0.25, 0.3) is 0 Å². The van der Waals surface area contributed by atoms with Crippen molar-refractivity contribution >= 4 is 5.91 Å². The van der Waals surface area contributed by atoms with E-state index in [9.17, 15) is 15.0 Å². The number of amides is 1. The van der Waals surface area contributed by atoms with Gasteiger partial charge in [-0.1, -0.05) is 43.6 Å². The van der Waals surface area contributed by atoms with Crippen LogP contribution >= 0.6 is 0 Å². The Labute approximate surface area is 188 Å². The normalized spacial score (nSPS) is 30.5. The lowest BCUT2D eigenvalue weighted by Crippen LogP contribution is -2.40. The monoisotopic (exact) mass is 433 g/mol. The SMILES string of the molecule is CCCC[C@](C)(O)CC=C[C@@H]1[C@H]2CC(CCCCC(=O)N3CCOCC3)=C[C@H]2C[C@H]1O. The van der Waals surface area contributed by atoms with Gasteiger partial charge in [0.2, 0.25) is 5.91 Å². The Hall–Kier alpha value is -1.17. The van der Waals surface area contributed by atoms with Gasteiger partial charge in [-0.15, -0.1) is 0 Å². The van der Waals surface area contributed by atoms with E-state index in [1.54, 1.807) is 0 Å². The van der Waals surface area contributed by atoms with Gasteiger partial charge in [-0.2, -0.15) is 0 Å². The molecule has 0 radical (unpaired) electrons. The number of carbonyl (C=O) groups is 1. The summed E-state index contributed by atoms with van der Waals surface area (Å²) >= 11 is 0. The molecule has 2 aliphatic carbocycles. The van der Waals surface area contributed by atoms with Gasteiger partial charge in [0.15, 0.2) is 0 Å². The van der Waals surface area contributed by atoms with Crippen molar-refractivity contribution in [2.24, 2.45) is 17.8 Å². The summed E-state index contributed by atoms with van der Waals surface area (Å²) in [5.41, 5.74) is 0.863. The highest BCUT2D eigenvalue weighted by Gasteiger charge is 2.43. The van der Waals surface area contributed by atoms with Crippen molar-refractivity contribution in [3.8, 4) is 0 Å². The number of aliphatic hydroxyl groups excluding tert-OH is 1. The summed E-state index contributed by atoms with van der Waals surface area (Å²) in [5.74, 6) is 1.44. The van der Waals surface area contributed by atoms with Crippen LogP contribution in [0.15, 0.2) is 23.8 Å². The number of unbranched alkanes of at least 4 members (excludes halogenated alkanes) is 2. The molecule has 1 amide bonds. The largest absolute Gasteiger partial charge is 0.392 e. The van der Waals surface area contributed by atoms with Crippen molar-refractivity contribution in [3.05, 3.63) is 23.8 Å². The molecule has 0 unspecified atom stereocenters. The maximum atomic E-state index is 12.3. The van der Waals surface area contributed by atoms with Gasteiger partial charge in [-0.05, 0) is 63.7 Å². The number of nitrogens with zero attached hydrogens (tertiary/aromatic N) is 1. The first kappa shape index (κ1) is 24.5. The summed E-state index contributed by atoms with van der Waals surface area (Å²) in [5, 5.41) is 21.1. The van der Waals surface area contributed by atoms with E-state index >= 15 is 0 Å². The number of carbonyl (C=O) groups excluding carboxylic acids is 1. The van der Waals surface area contributed by atoms with Crippen molar-refractivity contribution in [1.29, 1.82) is 0 Å². The molecule has 0 spiro atoms. The van der Waals surface area contributed by atoms with E-state index in [1.165, 1.54) is 5.57 Å². The first-order valence-corrected chi connectivity index (χ1v) is 12.5. The standard InChI is InChI=1S/C26H43NO4/c1-3-4-11-26(2,30)12-7-9-22-23-18-20(17-21(23)19-24(22)28)8-5-6-10-25(29)27-13-15-31-16-14-27/h7,9,17,21-24,28,30H,3-6,8,10-16,18-19H2,1-2H3/t21-,22+,23-,24+,26-/m0/s1. The minimum Gasteiger partial charge on any atom is -0.392 e. The van der Waals surface area contributed by atoms with Crippen LogP contribution in [0, 0.1) is 17.8 Å². The molecule has 5 heteroatoms. The Kier molecular flexibility index (Phi) is 9.18.